The van der Waals surface area contributed by atoms with Crippen LogP contribution >= 0.6 is 15.9 Å². The molecule has 19 heavy (non-hydrogen) atoms. The van der Waals surface area contributed by atoms with Crippen molar-refractivity contribution >= 4 is 32.4 Å². The van der Waals surface area contributed by atoms with Gasteiger partial charge in [-0.2, -0.15) is 5.10 Å². The van der Waals surface area contributed by atoms with E-state index in [1.54, 1.807) is 11.7 Å². The highest BCUT2D eigenvalue weighted by Crippen LogP contribution is 2.25. The monoisotopic (exact) mass is 345 g/mol. The third-order valence-corrected chi connectivity index (χ3v) is 5.16. The summed E-state index contributed by atoms with van der Waals surface area (Å²) in [5.74, 6) is -0.219. The lowest BCUT2D eigenvalue weighted by Gasteiger charge is -2.07. The summed E-state index contributed by atoms with van der Waals surface area (Å²) in [5.41, 5.74) is 7.67. The van der Waals surface area contributed by atoms with Gasteiger partial charge in [0, 0.05) is 12.7 Å². The molecular formula is C12H13BrFN3OS. The standard InChI is InChI=1S/C12H13BrFN3OS/c1-7-12(13)10(17(2)16-7)6-19(18)11-5-8(14)3-4-9(11)15/h3-5H,6,15H2,1-2H3. The van der Waals surface area contributed by atoms with Crippen LogP contribution in [0.15, 0.2) is 27.6 Å². The van der Waals surface area contributed by atoms with Crippen molar-refractivity contribution in [1.29, 1.82) is 0 Å². The highest BCUT2D eigenvalue weighted by Gasteiger charge is 2.16. The van der Waals surface area contributed by atoms with Gasteiger partial charge in [-0.1, -0.05) is 0 Å². The van der Waals surface area contributed by atoms with Gasteiger partial charge in [0.15, 0.2) is 0 Å². The molecule has 0 aliphatic rings. The summed E-state index contributed by atoms with van der Waals surface area (Å²) in [6.45, 7) is 1.85. The molecule has 1 heterocycles. The molecule has 0 aliphatic heterocycles. The Hall–Kier alpha value is -1.21. The smallest absolute Gasteiger partial charge is 0.124 e. The van der Waals surface area contributed by atoms with Gasteiger partial charge in [-0.05, 0) is 41.1 Å². The van der Waals surface area contributed by atoms with Gasteiger partial charge >= 0.3 is 0 Å². The van der Waals surface area contributed by atoms with Gasteiger partial charge in [0.05, 0.1) is 37.3 Å². The van der Waals surface area contributed by atoms with Gasteiger partial charge in [0.2, 0.25) is 0 Å². The average molecular weight is 346 g/mol. The summed E-state index contributed by atoms with van der Waals surface area (Å²) < 4.78 is 28.0. The van der Waals surface area contributed by atoms with Crippen molar-refractivity contribution in [1.82, 2.24) is 9.78 Å². The van der Waals surface area contributed by atoms with E-state index < -0.39 is 16.6 Å². The number of hydrogen-bond acceptors (Lipinski definition) is 3. The number of aromatic nitrogens is 2. The van der Waals surface area contributed by atoms with Crippen LogP contribution in [-0.4, -0.2) is 14.0 Å². The Morgan fingerprint density at radius 3 is 2.79 bits per heavy atom. The molecule has 7 heteroatoms. The zero-order valence-corrected chi connectivity index (χ0v) is 12.9. The van der Waals surface area contributed by atoms with Crippen LogP contribution in [0.25, 0.3) is 0 Å². The predicted octanol–water partition coefficient (Wildman–Crippen LogP) is 2.52. The van der Waals surface area contributed by atoms with Crippen LogP contribution in [0.5, 0.6) is 0 Å². The molecule has 0 aliphatic carbocycles. The summed E-state index contributed by atoms with van der Waals surface area (Å²) in [6, 6.07) is 3.88. The van der Waals surface area contributed by atoms with Crippen molar-refractivity contribution in [3.8, 4) is 0 Å². The summed E-state index contributed by atoms with van der Waals surface area (Å²) >= 11 is 3.41. The first-order valence-electron chi connectivity index (χ1n) is 5.51. The lowest BCUT2D eigenvalue weighted by atomic mass is 10.3. The molecule has 0 fully saturated rings. The SMILES string of the molecule is Cc1nn(C)c(CS(=O)c2cc(F)ccc2N)c1Br. The molecule has 102 valence electrons. The fourth-order valence-electron chi connectivity index (χ4n) is 1.74. The van der Waals surface area contributed by atoms with Gasteiger partial charge < -0.3 is 5.73 Å². The van der Waals surface area contributed by atoms with Crippen LogP contribution in [0, 0.1) is 12.7 Å². The number of halogens is 2. The highest BCUT2D eigenvalue weighted by atomic mass is 79.9. The number of nitrogens with zero attached hydrogens (tertiary/aromatic N) is 2. The van der Waals surface area contributed by atoms with E-state index in [1.165, 1.54) is 18.2 Å². The molecule has 0 radical (unpaired) electrons. The van der Waals surface area contributed by atoms with Crippen LogP contribution in [-0.2, 0) is 23.6 Å². The zero-order chi connectivity index (χ0) is 14.2. The van der Waals surface area contributed by atoms with Gasteiger partial charge in [-0.15, -0.1) is 0 Å². The van der Waals surface area contributed by atoms with Gasteiger partial charge in [-0.3, -0.25) is 8.89 Å². The molecule has 1 aromatic carbocycles. The maximum absolute atomic E-state index is 13.2. The molecule has 0 saturated heterocycles. The number of benzene rings is 1. The second kappa shape index (κ2) is 5.42. The Morgan fingerprint density at radius 2 is 2.21 bits per heavy atom. The molecule has 1 atom stereocenters. The van der Waals surface area contributed by atoms with Gasteiger partial charge in [0.1, 0.15) is 5.82 Å². The number of rotatable bonds is 3. The Bertz CT molecular complexity index is 657. The van der Waals surface area contributed by atoms with E-state index in [-0.39, 0.29) is 5.75 Å². The van der Waals surface area contributed by atoms with Crippen molar-refractivity contribution < 1.29 is 8.60 Å². The van der Waals surface area contributed by atoms with Crippen molar-refractivity contribution in [2.75, 3.05) is 5.73 Å². The third-order valence-electron chi connectivity index (χ3n) is 2.75. The zero-order valence-electron chi connectivity index (χ0n) is 10.5. The lowest BCUT2D eigenvalue weighted by Crippen LogP contribution is -2.06. The van der Waals surface area contributed by atoms with E-state index in [4.69, 9.17) is 5.73 Å². The fraction of sp³-hybridized carbons (Fsp3) is 0.250. The molecular weight excluding hydrogens is 333 g/mol. The quantitative estimate of drug-likeness (QED) is 0.869. The Balaban J connectivity index is 2.33. The van der Waals surface area contributed by atoms with Gasteiger partial charge in [-0.25, -0.2) is 4.39 Å². The average Bonchev–Trinajstić information content (AvgIpc) is 2.59. The third kappa shape index (κ3) is 2.87. The Morgan fingerprint density at radius 1 is 1.53 bits per heavy atom. The maximum Gasteiger partial charge on any atom is 0.124 e. The molecule has 4 nitrogen and oxygen atoms in total. The molecule has 1 aromatic heterocycles. The first kappa shape index (κ1) is 14.2. The fourth-order valence-corrected chi connectivity index (χ4v) is 3.72. The molecule has 2 rings (SSSR count). The molecule has 2 N–H and O–H groups in total. The summed E-state index contributed by atoms with van der Waals surface area (Å²) in [4.78, 5) is 0.311. The molecule has 0 saturated carbocycles. The van der Waals surface area contributed by atoms with Crippen LogP contribution in [0.1, 0.15) is 11.4 Å². The van der Waals surface area contributed by atoms with E-state index in [1.807, 2.05) is 6.92 Å². The van der Waals surface area contributed by atoms with E-state index in [0.717, 1.165) is 15.9 Å². The van der Waals surface area contributed by atoms with Crippen molar-refractivity contribution in [3.63, 3.8) is 0 Å². The number of nitrogens with two attached hydrogens (primary N) is 1. The normalized spacial score (nSPS) is 12.6. The predicted molar refractivity (Wildman–Crippen MR) is 76.6 cm³/mol. The Kier molecular flexibility index (Phi) is 4.05. The van der Waals surface area contributed by atoms with Crippen LogP contribution < -0.4 is 5.73 Å². The van der Waals surface area contributed by atoms with Crippen LogP contribution in [0.4, 0.5) is 10.1 Å². The largest absolute Gasteiger partial charge is 0.398 e. The Labute approximate surface area is 121 Å². The minimum atomic E-state index is -1.42. The number of anilines is 1. The molecule has 0 bridgehead atoms. The minimum absolute atomic E-state index is 0.228. The first-order chi connectivity index (χ1) is 8.90. The van der Waals surface area contributed by atoms with Crippen molar-refractivity contribution in [2.24, 2.45) is 7.05 Å². The van der Waals surface area contributed by atoms with Crippen molar-refractivity contribution in [3.05, 3.63) is 39.9 Å². The number of aryl methyl sites for hydroxylation is 2. The van der Waals surface area contributed by atoms with Gasteiger partial charge in [0.25, 0.3) is 0 Å². The van der Waals surface area contributed by atoms with E-state index in [0.29, 0.717) is 10.6 Å². The summed E-state index contributed by atoms with van der Waals surface area (Å²) in [6.07, 6.45) is 0. The lowest BCUT2D eigenvalue weighted by molar-refractivity contribution is 0.623. The van der Waals surface area contributed by atoms with Crippen molar-refractivity contribution in [2.45, 2.75) is 17.6 Å². The molecule has 0 spiro atoms. The first-order valence-corrected chi connectivity index (χ1v) is 7.62. The number of hydrogen-bond donors (Lipinski definition) is 1. The van der Waals surface area contributed by atoms with Crippen LogP contribution in [0.3, 0.4) is 0 Å². The number of nitrogen functional groups attached to an aromatic ring is 1. The summed E-state index contributed by atoms with van der Waals surface area (Å²) in [5, 5.41) is 4.23. The topological polar surface area (TPSA) is 60.9 Å². The second-order valence-corrected chi connectivity index (χ2v) is 6.35. The molecule has 1 unspecified atom stereocenters. The summed E-state index contributed by atoms with van der Waals surface area (Å²) in [7, 11) is 0.358. The highest BCUT2D eigenvalue weighted by molar-refractivity contribution is 9.10. The minimum Gasteiger partial charge on any atom is -0.398 e. The molecule has 2 aromatic rings. The molecule has 0 amide bonds. The maximum atomic E-state index is 13.2. The van der Waals surface area contributed by atoms with E-state index in [9.17, 15) is 8.60 Å². The second-order valence-electron chi connectivity index (χ2n) is 4.14. The van der Waals surface area contributed by atoms with E-state index in [2.05, 4.69) is 21.0 Å². The van der Waals surface area contributed by atoms with Crippen LogP contribution in [0.2, 0.25) is 0 Å². The van der Waals surface area contributed by atoms with E-state index >= 15 is 0 Å².